The van der Waals surface area contributed by atoms with E-state index in [2.05, 4.69) is 31.0 Å². The van der Waals surface area contributed by atoms with Gasteiger partial charge in [-0.15, -0.1) is 0 Å². The Hall–Kier alpha value is -2.17. The quantitative estimate of drug-likeness (QED) is 0.739. The van der Waals surface area contributed by atoms with E-state index in [1.54, 1.807) is 6.20 Å². The number of aromatic nitrogens is 1. The number of nitrogens with zero attached hydrogens (tertiary/aromatic N) is 1. The van der Waals surface area contributed by atoms with E-state index < -0.39 is 17.4 Å². The number of carboxylic acids is 2. The Morgan fingerprint density at radius 3 is 2.59 bits per heavy atom. The molecule has 0 aromatic carbocycles. The molecule has 156 valence electrons. The van der Waals surface area contributed by atoms with Crippen LogP contribution in [-0.2, 0) is 9.59 Å². The summed E-state index contributed by atoms with van der Waals surface area (Å²) in [5, 5.41) is 19.1. The summed E-state index contributed by atoms with van der Waals surface area (Å²) in [6.45, 7) is 4.43. The lowest BCUT2D eigenvalue weighted by Crippen LogP contribution is -2.52. The van der Waals surface area contributed by atoms with E-state index >= 15 is 0 Å². The average molecular weight is 398 g/mol. The second kappa shape index (κ2) is 7.26. The van der Waals surface area contributed by atoms with Crippen molar-refractivity contribution in [3.63, 3.8) is 0 Å². The number of rotatable bonds is 5. The molecule has 0 amide bonds. The Morgan fingerprint density at radius 2 is 1.93 bits per heavy atom. The highest BCUT2D eigenvalue weighted by Crippen LogP contribution is 2.66. The molecule has 2 fully saturated rings. The van der Waals surface area contributed by atoms with Gasteiger partial charge in [0.25, 0.3) is 0 Å². The van der Waals surface area contributed by atoms with Crippen LogP contribution in [0, 0.1) is 34.5 Å². The molecule has 0 saturated heterocycles. The summed E-state index contributed by atoms with van der Waals surface area (Å²) in [6, 6.07) is 4.12. The summed E-state index contributed by atoms with van der Waals surface area (Å²) in [5.41, 5.74) is 2.23. The molecule has 3 aliphatic carbocycles. The Kier molecular flexibility index (Phi) is 5.04. The van der Waals surface area contributed by atoms with Gasteiger partial charge in [-0.1, -0.05) is 26.0 Å². The van der Waals surface area contributed by atoms with Gasteiger partial charge in [-0.3, -0.25) is 14.6 Å². The third kappa shape index (κ3) is 3.28. The maximum Gasteiger partial charge on any atom is 0.303 e. The molecule has 0 radical (unpaired) electrons. The number of hydrogen-bond donors (Lipinski definition) is 2. The van der Waals surface area contributed by atoms with Crippen molar-refractivity contribution in [1.82, 2.24) is 4.98 Å². The maximum atomic E-state index is 11.7. The fourth-order valence-corrected chi connectivity index (χ4v) is 7.22. The van der Waals surface area contributed by atoms with Gasteiger partial charge in [-0.2, -0.15) is 0 Å². The van der Waals surface area contributed by atoms with E-state index in [1.807, 2.05) is 12.3 Å². The van der Waals surface area contributed by atoms with Crippen LogP contribution in [0.1, 0.15) is 64.4 Å². The van der Waals surface area contributed by atoms with Crippen molar-refractivity contribution < 1.29 is 19.8 Å². The minimum atomic E-state index is -0.813. The van der Waals surface area contributed by atoms with Crippen molar-refractivity contribution in [2.75, 3.05) is 0 Å². The van der Waals surface area contributed by atoms with Crippen LogP contribution in [0.25, 0.3) is 5.57 Å². The van der Waals surface area contributed by atoms with Crippen LogP contribution >= 0.6 is 0 Å². The van der Waals surface area contributed by atoms with Crippen molar-refractivity contribution in [2.24, 2.45) is 34.5 Å². The summed E-state index contributed by atoms with van der Waals surface area (Å²) in [5.74, 6) is -0.459. The molecular weight excluding hydrogens is 366 g/mol. The van der Waals surface area contributed by atoms with Crippen molar-refractivity contribution in [3.8, 4) is 0 Å². The molecule has 1 heterocycles. The number of hydrogen-bond acceptors (Lipinski definition) is 3. The zero-order valence-corrected chi connectivity index (χ0v) is 17.3. The molecule has 0 bridgehead atoms. The zero-order valence-electron chi connectivity index (χ0n) is 17.3. The standard InChI is InChI=1S/C24H31NO4/c1-23-10-9-20-17(19(23)8-7-18(23)15-4-3-11-25-14-15)6-5-16(12-21(26)27)24(20,2)13-22(28)29/h3-4,7,11,14,16-17,19-20H,5-6,8-10,12-13H2,1-2H3,(H,26,27)(H,28,29)/t16-,17?,19-,20-,23+,24-/m0/s1. The molecule has 4 rings (SSSR count). The molecule has 29 heavy (non-hydrogen) atoms. The summed E-state index contributed by atoms with van der Waals surface area (Å²) in [6.07, 6.45) is 11.1. The van der Waals surface area contributed by atoms with Crippen molar-refractivity contribution in [2.45, 2.75) is 58.8 Å². The van der Waals surface area contributed by atoms with Gasteiger partial charge in [0, 0.05) is 18.8 Å². The van der Waals surface area contributed by atoms with E-state index in [4.69, 9.17) is 0 Å². The molecule has 6 atom stereocenters. The molecule has 0 spiro atoms. The number of fused-ring (bicyclic) bond motifs is 3. The minimum absolute atomic E-state index is 0.0612. The first-order valence-electron chi connectivity index (χ1n) is 10.8. The molecule has 1 aromatic rings. The third-order valence-corrected chi connectivity index (χ3v) is 8.57. The van der Waals surface area contributed by atoms with E-state index in [0.717, 1.165) is 32.1 Å². The van der Waals surface area contributed by atoms with Crippen molar-refractivity contribution in [1.29, 1.82) is 0 Å². The van der Waals surface area contributed by atoms with E-state index in [1.165, 1.54) is 11.1 Å². The molecule has 3 aliphatic rings. The van der Waals surface area contributed by atoms with Gasteiger partial charge in [-0.05, 0) is 83.8 Å². The van der Waals surface area contributed by atoms with Gasteiger partial charge in [0.1, 0.15) is 0 Å². The number of aliphatic carboxylic acids is 2. The second-order valence-corrected chi connectivity index (χ2v) is 9.88. The van der Waals surface area contributed by atoms with E-state index in [-0.39, 0.29) is 30.1 Å². The predicted octanol–water partition coefficient (Wildman–Crippen LogP) is 4.88. The number of allylic oxidation sites excluding steroid dienone is 2. The van der Waals surface area contributed by atoms with Gasteiger partial charge in [0.05, 0.1) is 6.42 Å². The van der Waals surface area contributed by atoms with Gasteiger partial charge >= 0.3 is 11.9 Å². The second-order valence-electron chi connectivity index (χ2n) is 9.88. The maximum absolute atomic E-state index is 11.7. The molecule has 2 saturated carbocycles. The summed E-state index contributed by atoms with van der Waals surface area (Å²) >= 11 is 0. The van der Waals surface area contributed by atoms with Gasteiger partial charge in [-0.25, -0.2) is 0 Å². The minimum Gasteiger partial charge on any atom is -0.481 e. The smallest absolute Gasteiger partial charge is 0.303 e. The normalized spacial score (nSPS) is 38.6. The van der Waals surface area contributed by atoms with Crippen LogP contribution < -0.4 is 0 Å². The zero-order chi connectivity index (χ0) is 20.8. The monoisotopic (exact) mass is 397 g/mol. The Bertz CT molecular complexity index is 835. The largest absolute Gasteiger partial charge is 0.481 e. The Labute approximate surface area is 172 Å². The van der Waals surface area contributed by atoms with Crippen LogP contribution in [-0.4, -0.2) is 27.1 Å². The highest BCUT2D eigenvalue weighted by molar-refractivity contribution is 5.73. The number of pyridine rings is 1. The van der Waals surface area contributed by atoms with E-state index in [0.29, 0.717) is 11.8 Å². The molecule has 5 heteroatoms. The van der Waals surface area contributed by atoms with Crippen LogP contribution in [0.4, 0.5) is 0 Å². The highest BCUT2D eigenvalue weighted by Gasteiger charge is 2.58. The molecule has 0 aliphatic heterocycles. The van der Waals surface area contributed by atoms with Crippen molar-refractivity contribution in [3.05, 3.63) is 36.2 Å². The summed E-state index contributed by atoms with van der Waals surface area (Å²) in [7, 11) is 0. The molecular formula is C24H31NO4. The first-order valence-corrected chi connectivity index (χ1v) is 10.8. The molecule has 5 nitrogen and oxygen atoms in total. The van der Waals surface area contributed by atoms with Crippen LogP contribution in [0.15, 0.2) is 30.6 Å². The predicted molar refractivity (Wildman–Crippen MR) is 110 cm³/mol. The Morgan fingerprint density at radius 1 is 1.14 bits per heavy atom. The van der Waals surface area contributed by atoms with Gasteiger partial charge in [0.2, 0.25) is 0 Å². The average Bonchev–Trinajstić information content (AvgIpc) is 3.01. The van der Waals surface area contributed by atoms with Crippen molar-refractivity contribution >= 4 is 17.5 Å². The molecule has 2 N–H and O–H groups in total. The fraction of sp³-hybridized carbons (Fsp3) is 0.625. The van der Waals surface area contributed by atoms with Gasteiger partial charge in [0.15, 0.2) is 0 Å². The lowest BCUT2D eigenvalue weighted by atomic mass is 9.46. The van der Waals surface area contributed by atoms with Gasteiger partial charge < -0.3 is 10.2 Å². The molecule has 1 unspecified atom stereocenters. The first-order chi connectivity index (χ1) is 13.8. The van der Waals surface area contributed by atoms with Crippen LogP contribution in [0.5, 0.6) is 0 Å². The fourth-order valence-electron chi connectivity index (χ4n) is 7.22. The van der Waals surface area contributed by atoms with Crippen LogP contribution in [0.3, 0.4) is 0 Å². The first kappa shape index (κ1) is 20.1. The Balaban J connectivity index is 1.64. The lowest BCUT2D eigenvalue weighted by molar-refractivity contribution is -0.153. The van der Waals surface area contributed by atoms with Crippen LogP contribution in [0.2, 0.25) is 0 Å². The topological polar surface area (TPSA) is 87.5 Å². The summed E-state index contributed by atoms with van der Waals surface area (Å²) < 4.78 is 0. The molecule has 1 aromatic heterocycles. The number of carbonyl (C=O) groups is 2. The third-order valence-electron chi connectivity index (χ3n) is 8.57. The number of carboxylic acid groups (broad SMARTS) is 2. The van der Waals surface area contributed by atoms with E-state index in [9.17, 15) is 19.8 Å². The SMILES string of the molecule is C[C@]1(CC(=O)O)[C@H](CC(=O)O)CCC2[C@@H]1CC[C@]1(C)C(c3cccnc3)=CC[C@@H]21. The summed E-state index contributed by atoms with van der Waals surface area (Å²) in [4.78, 5) is 27.5. The lowest BCUT2D eigenvalue weighted by Gasteiger charge is -2.58. The highest BCUT2D eigenvalue weighted by atomic mass is 16.4.